The fourth-order valence-corrected chi connectivity index (χ4v) is 6.69. The molecule has 1 heterocycles. The van der Waals surface area contributed by atoms with E-state index in [1.165, 1.54) is 0 Å². The monoisotopic (exact) mass is 771 g/mol. The van der Waals surface area contributed by atoms with Crippen molar-refractivity contribution in [3.05, 3.63) is 150 Å². The minimum atomic E-state index is -1.20. The predicted molar refractivity (Wildman–Crippen MR) is 221 cm³/mol. The van der Waals surface area contributed by atoms with Crippen molar-refractivity contribution in [3.8, 4) is 0 Å². The molecular formula is C46H53N5O6. The van der Waals surface area contributed by atoms with Gasteiger partial charge in [-0.3, -0.25) is 19.4 Å². The standard InChI is InChI=1S/C46H53N5O6/c1-31(2)25-39(42(52)28-43(53)48-29-32(3)34-17-8-5-9-18-34)49-45(55)41(27-37-22-12-13-24-47-37)50-44(54)40(51-46(56)57-30-33-15-6-4-7-16-33)26-36-21-14-20-35-19-10-11-23-38(35)36/h4-24,31-32,39-42,52H,25-30H2,1-3H3,(H,48,53)(H,49,55)(H,50,54)(H,51,56)/t32?,39?,40-,41-,42?/m0/s1. The minimum Gasteiger partial charge on any atom is -0.445 e. The molecule has 11 nitrogen and oxygen atoms in total. The second-order valence-corrected chi connectivity index (χ2v) is 14.8. The van der Waals surface area contributed by atoms with Gasteiger partial charge in [0.25, 0.3) is 0 Å². The van der Waals surface area contributed by atoms with Crippen molar-refractivity contribution in [2.75, 3.05) is 6.54 Å². The second-order valence-electron chi connectivity index (χ2n) is 14.8. The number of pyridine rings is 1. The summed E-state index contributed by atoms with van der Waals surface area (Å²) in [4.78, 5) is 59.1. The first-order valence-electron chi connectivity index (χ1n) is 19.5. The molecule has 3 unspecified atom stereocenters. The van der Waals surface area contributed by atoms with E-state index in [0.717, 1.165) is 27.5 Å². The molecule has 0 aliphatic heterocycles. The van der Waals surface area contributed by atoms with Gasteiger partial charge in [0.15, 0.2) is 0 Å². The number of alkyl carbamates (subject to hydrolysis) is 1. The zero-order chi connectivity index (χ0) is 40.6. The minimum absolute atomic E-state index is 0.00360. The number of rotatable bonds is 19. The predicted octanol–water partition coefficient (Wildman–Crippen LogP) is 6.00. The Labute approximate surface area is 334 Å². The number of hydrogen-bond acceptors (Lipinski definition) is 7. The van der Waals surface area contributed by atoms with Gasteiger partial charge in [0.1, 0.15) is 18.7 Å². The summed E-state index contributed by atoms with van der Waals surface area (Å²) in [6.07, 6.45) is -0.0980. The largest absolute Gasteiger partial charge is 0.445 e. The van der Waals surface area contributed by atoms with Crippen LogP contribution in [0.3, 0.4) is 0 Å². The fourth-order valence-electron chi connectivity index (χ4n) is 6.69. The Morgan fingerprint density at radius 2 is 1.35 bits per heavy atom. The number of aromatic nitrogens is 1. The average molecular weight is 772 g/mol. The van der Waals surface area contributed by atoms with Crippen LogP contribution in [-0.2, 0) is 38.6 Å². The summed E-state index contributed by atoms with van der Waals surface area (Å²) in [5.74, 6) is -1.38. The Morgan fingerprint density at radius 1 is 0.702 bits per heavy atom. The normalized spacial score (nSPS) is 13.8. The SMILES string of the molecule is CC(C)CC(NC(=O)[C@H](Cc1ccccn1)NC(=O)[C@H](Cc1cccc2ccccc12)NC(=O)OCc1ccccc1)C(O)CC(=O)NCC(C)c1ccccc1. The van der Waals surface area contributed by atoms with Crippen molar-refractivity contribution in [1.29, 1.82) is 0 Å². The summed E-state index contributed by atoms with van der Waals surface area (Å²) >= 11 is 0. The molecule has 5 aromatic rings. The van der Waals surface area contributed by atoms with Gasteiger partial charge in [-0.15, -0.1) is 0 Å². The number of aliphatic hydroxyl groups is 1. The Morgan fingerprint density at radius 3 is 2.07 bits per heavy atom. The average Bonchev–Trinajstić information content (AvgIpc) is 3.22. The molecule has 4 amide bonds. The third-order valence-corrected chi connectivity index (χ3v) is 9.78. The van der Waals surface area contributed by atoms with Crippen molar-refractivity contribution in [2.24, 2.45) is 5.92 Å². The van der Waals surface area contributed by atoms with Crippen molar-refractivity contribution >= 4 is 34.6 Å². The van der Waals surface area contributed by atoms with E-state index in [0.29, 0.717) is 18.7 Å². The lowest BCUT2D eigenvalue weighted by Crippen LogP contribution is -2.57. The first kappa shape index (κ1) is 42.1. The maximum Gasteiger partial charge on any atom is 0.408 e. The lowest BCUT2D eigenvalue weighted by molar-refractivity contribution is -0.131. The van der Waals surface area contributed by atoms with Gasteiger partial charge in [-0.25, -0.2) is 4.79 Å². The summed E-state index contributed by atoms with van der Waals surface area (Å²) in [7, 11) is 0. The van der Waals surface area contributed by atoms with Gasteiger partial charge < -0.3 is 31.1 Å². The molecule has 298 valence electrons. The van der Waals surface area contributed by atoms with Crippen LogP contribution in [0.2, 0.25) is 0 Å². The molecule has 1 aromatic heterocycles. The zero-order valence-corrected chi connectivity index (χ0v) is 32.8. The molecule has 0 saturated heterocycles. The van der Waals surface area contributed by atoms with E-state index >= 15 is 0 Å². The maximum absolute atomic E-state index is 14.3. The number of nitrogens with one attached hydrogen (secondary N) is 4. The topological polar surface area (TPSA) is 159 Å². The summed E-state index contributed by atoms with van der Waals surface area (Å²) < 4.78 is 5.50. The number of nitrogens with zero attached hydrogens (tertiary/aromatic N) is 1. The molecule has 0 aliphatic carbocycles. The molecule has 0 radical (unpaired) electrons. The number of ether oxygens (including phenoxy) is 1. The van der Waals surface area contributed by atoms with Gasteiger partial charge in [-0.2, -0.15) is 0 Å². The maximum atomic E-state index is 14.3. The van der Waals surface area contributed by atoms with Gasteiger partial charge >= 0.3 is 6.09 Å². The quantitative estimate of drug-likeness (QED) is 0.0689. The van der Waals surface area contributed by atoms with E-state index in [9.17, 15) is 24.3 Å². The highest BCUT2D eigenvalue weighted by Crippen LogP contribution is 2.21. The third-order valence-electron chi connectivity index (χ3n) is 9.78. The van der Waals surface area contributed by atoms with Crippen LogP contribution in [0.15, 0.2) is 128 Å². The molecule has 0 aliphatic rings. The zero-order valence-electron chi connectivity index (χ0n) is 32.8. The number of hydrogen-bond donors (Lipinski definition) is 5. The van der Waals surface area contributed by atoms with Crippen LogP contribution >= 0.6 is 0 Å². The third kappa shape index (κ3) is 13.3. The Hall–Kier alpha value is -6.07. The van der Waals surface area contributed by atoms with Gasteiger partial charge in [0, 0.05) is 31.3 Å². The number of carbonyl (C=O) groups is 4. The Bertz CT molecular complexity index is 2040. The molecule has 4 aromatic carbocycles. The van der Waals surface area contributed by atoms with Gasteiger partial charge in [0.05, 0.1) is 18.6 Å². The first-order valence-corrected chi connectivity index (χ1v) is 19.5. The molecule has 5 N–H and O–H groups in total. The molecule has 11 heteroatoms. The Kier molecular flexibility index (Phi) is 15.7. The highest BCUT2D eigenvalue weighted by Gasteiger charge is 2.32. The number of fused-ring (bicyclic) bond motifs is 1. The summed E-state index contributed by atoms with van der Waals surface area (Å²) in [5.41, 5.74) is 3.24. The molecule has 0 fully saturated rings. The van der Waals surface area contributed by atoms with Crippen LogP contribution in [0, 0.1) is 5.92 Å². The highest BCUT2D eigenvalue weighted by atomic mass is 16.5. The molecule has 0 bridgehead atoms. The van der Waals surface area contributed by atoms with Crippen LogP contribution < -0.4 is 21.3 Å². The smallest absolute Gasteiger partial charge is 0.408 e. The lowest BCUT2D eigenvalue weighted by Gasteiger charge is -2.29. The second kappa shape index (κ2) is 21.3. The molecular weight excluding hydrogens is 719 g/mol. The summed E-state index contributed by atoms with van der Waals surface area (Å²) in [6, 6.07) is 34.8. The molecule has 0 saturated carbocycles. The lowest BCUT2D eigenvalue weighted by atomic mass is 9.96. The van der Waals surface area contributed by atoms with E-state index < -0.39 is 42.1 Å². The molecule has 57 heavy (non-hydrogen) atoms. The molecule has 0 spiro atoms. The first-order chi connectivity index (χ1) is 27.5. The number of amides is 4. The number of benzene rings is 4. The van der Waals surface area contributed by atoms with Crippen molar-refractivity contribution in [3.63, 3.8) is 0 Å². The van der Waals surface area contributed by atoms with E-state index in [-0.39, 0.29) is 43.6 Å². The van der Waals surface area contributed by atoms with Crippen LogP contribution in [0.1, 0.15) is 61.9 Å². The van der Waals surface area contributed by atoms with Crippen molar-refractivity contribution in [1.82, 2.24) is 26.3 Å². The van der Waals surface area contributed by atoms with Gasteiger partial charge in [-0.1, -0.05) is 130 Å². The summed E-state index contributed by atoms with van der Waals surface area (Å²) in [6.45, 7) is 6.33. The van der Waals surface area contributed by atoms with Crippen LogP contribution in [0.5, 0.6) is 0 Å². The van der Waals surface area contributed by atoms with E-state index in [4.69, 9.17) is 4.74 Å². The summed E-state index contributed by atoms with van der Waals surface area (Å²) in [5, 5.41) is 24.7. The molecule has 5 atom stereocenters. The van der Waals surface area contributed by atoms with Crippen molar-refractivity contribution < 1.29 is 29.0 Å². The van der Waals surface area contributed by atoms with Gasteiger partial charge in [0.2, 0.25) is 17.7 Å². The number of aliphatic hydroxyl groups excluding tert-OH is 1. The van der Waals surface area contributed by atoms with E-state index in [2.05, 4.69) is 26.3 Å². The van der Waals surface area contributed by atoms with Crippen LogP contribution in [0.4, 0.5) is 4.79 Å². The van der Waals surface area contributed by atoms with Crippen LogP contribution in [0.25, 0.3) is 10.8 Å². The molecule has 5 rings (SSSR count). The van der Waals surface area contributed by atoms with Crippen molar-refractivity contribution in [2.45, 2.75) is 83.2 Å². The van der Waals surface area contributed by atoms with Gasteiger partial charge in [-0.05, 0) is 57.9 Å². The Balaban J connectivity index is 1.33. The number of carbonyl (C=O) groups excluding carboxylic acids is 4. The van der Waals surface area contributed by atoms with E-state index in [1.54, 1.807) is 24.4 Å². The highest BCUT2D eigenvalue weighted by molar-refractivity contribution is 5.93. The van der Waals surface area contributed by atoms with Crippen LogP contribution in [-0.4, -0.2) is 64.7 Å². The fraction of sp³-hybridized carbons (Fsp3) is 0.326. The van der Waals surface area contributed by atoms with E-state index in [1.807, 2.05) is 124 Å².